The first-order valence-electron chi connectivity index (χ1n) is 8.39. The SMILES string of the molecule is CCCCCCCCCC(=O)N1CCN(CCO)CC1. The van der Waals surface area contributed by atoms with Crippen LogP contribution in [-0.4, -0.2) is 60.1 Å². The summed E-state index contributed by atoms with van der Waals surface area (Å²) in [5.41, 5.74) is 0. The zero-order chi connectivity index (χ0) is 14.6. The third-order valence-electron chi connectivity index (χ3n) is 4.14. The highest BCUT2D eigenvalue weighted by atomic mass is 16.3. The van der Waals surface area contributed by atoms with Gasteiger partial charge in [-0.25, -0.2) is 0 Å². The summed E-state index contributed by atoms with van der Waals surface area (Å²) in [6, 6.07) is 0. The van der Waals surface area contributed by atoms with E-state index in [0.29, 0.717) is 12.3 Å². The predicted octanol–water partition coefficient (Wildman–Crippen LogP) is 2.26. The van der Waals surface area contributed by atoms with Crippen LogP contribution in [0.5, 0.6) is 0 Å². The van der Waals surface area contributed by atoms with Gasteiger partial charge in [-0.15, -0.1) is 0 Å². The summed E-state index contributed by atoms with van der Waals surface area (Å²) in [6.45, 7) is 6.65. The highest BCUT2D eigenvalue weighted by molar-refractivity contribution is 5.76. The third kappa shape index (κ3) is 7.25. The highest BCUT2D eigenvalue weighted by Gasteiger charge is 2.19. The Morgan fingerprint density at radius 3 is 2.15 bits per heavy atom. The first-order chi connectivity index (χ1) is 9.77. The fourth-order valence-electron chi connectivity index (χ4n) is 2.75. The largest absolute Gasteiger partial charge is 0.395 e. The fourth-order valence-corrected chi connectivity index (χ4v) is 2.75. The smallest absolute Gasteiger partial charge is 0.222 e. The Bertz CT molecular complexity index is 251. The van der Waals surface area contributed by atoms with Gasteiger partial charge in [0.1, 0.15) is 0 Å². The number of amides is 1. The summed E-state index contributed by atoms with van der Waals surface area (Å²) < 4.78 is 0. The van der Waals surface area contributed by atoms with E-state index in [1.165, 1.54) is 38.5 Å². The van der Waals surface area contributed by atoms with Crippen LogP contribution in [-0.2, 0) is 4.79 Å². The quantitative estimate of drug-likeness (QED) is 0.626. The summed E-state index contributed by atoms with van der Waals surface area (Å²) in [4.78, 5) is 16.3. The topological polar surface area (TPSA) is 43.8 Å². The van der Waals surface area contributed by atoms with E-state index in [4.69, 9.17) is 5.11 Å². The van der Waals surface area contributed by atoms with Gasteiger partial charge in [-0.2, -0.15) is 0 Å². The molecule has 1 saturated heterocycles. The van der Waals surface area contributed by atoms with E-state index in [0.717, 1.165) is 39.1 Å². The van der Waals surface area contributed by atoms with Gasteiger partial charge in [0.25, 0.3) is 0 Å². The van der Waals surface area contributed by atoms with Crippen molar-refractivity contribution in [2.75, 3.05) is 39.3 Å². The predicted molar refractivity (Wildman–Crippen MR) is 82.7 cm³/mol. The lowest BCUT2D eigenvalue weighted by Crippen LogP contribution is -2.49. The molecule has 1 fully saturated rings. The normalized spacial score (nSPS) is 16.6. The standard InChI is InChI=1S/C16H32N2O2/c1-2-3-4-5-6-7-8-9-16(20)18-12-10-17(11-13-18)14-15-19/h19H,2-15H2,1H3. The zero-order valence-electron chi connectivity index (χ0n) is 13.1. The molecule has 0 spiro atoms. The van der Waals surface area contributed by atoms with Crippen LogP contribution in [0, 0.1) is 0 Å². The van der Waals surface area contributed by atoms with E-state index >= 15 is 0 Å². The van der Waals surface area contributed by atoms with Gasteiger partial charge in [0.15, 0.2) is 0 Å². The van der Waals surface area contributed by atoms with Crippen molar-refractivity contribution in [1.29, 1.82) is 0 Å². The van der Waals surface area contributed by atoms with Gasteiger partial charge < -0.3 is 10.0 Å². The minimum absolute atomic E-state index is 0.214. The van der Waals surface area contributed by atoms with Gasteiger partial charge >= 0.3 is 0 Å². The third-order valence-corrected chi connectivity index (χ3v) is 4.14. The molecular formula is C16H32N2O2. The van der Waals surface area contributed by atoms with Crippen LogP contribution in [0.4, 0.5) is 0 Å². The van der Waals surface area contributed by atoms with Crippen LogP contribution in [0.1, 0.15) is 58.3 Å². The molecule has 0 unspecified atom stereocenters. The lowest BCUT2D eigenvalue weighted by atomic mass is 10.1. The molecule has 1 aliphatic heterocycles. The molecule has 1 N–H and O–H groups in total. The Morgan fingerprint density at radius 1 is 0.950 bits per heavy atom. The van der Waals surface area contributed by atoms with Crippen molar-refractivity contribution in [2.45, 2.75) is 58.3 Å². The Morgan fingerprint density at radius 2 is 1.55 bits per heavy atom. The molecule has 4 heteroatoms. The van der Waals surface area contributed by atoms with Gasteiger partial charge in [-0.05, 0) is 6.42 Å². The number of aliphatic hydroxyl groups excluding tert-OH is 1. The van der Waals surface area contributed by atoms with E-state index < -0.39 is 0 Å². The molecule has 0 aromatic carbocycles. The molecule has 0 saturated carbocycles. The van der Waals surface area contributed by atoms with Crippen molar-refractivity contribution in [3.8, 4) is 0 Å². The van der Waals surface area contributed by atoms with Gasteiger partial charge in [0, 0.05) is 39.1 Å². The Balaban J connectivity index is 2.00. The molecule has 1 aliphatic rings. The second-order valence-corrected chi connectivity index (χ2v) is 5.82. The Hall–Kier alpha value is -0.610. The number of unbranched alkanes of at least 4 members (excludes halogenated alkanes) is 6. The number of rotatable bonds is 10. The summed E-state index contributed by atoms with van der Waals surface area (Å²) in [6.07, 6.45) is 9.53. The number of carbonyl (C=O) groups is 1. The molecule has 0 aliphatic carbocycles. The first-order valence-corrected chi connectivity index (χ1v) is 8.39. The van der Waals surface area contributed by atoms with E-state index in [2.05, 4.69) is 11.8 Å². The van der Waals surface area contributed by atoms with Gasteiger partial charge in [-0.3, -0.25) is 9.69 Å². The maximum atomic E-state index is 12.1. The first kappa shape index (κ1) is 17.4. The van der Waals surface area contributed by atoms with Crippen LogP contribution in [0.3, 0.4) is 0 Å². The molecule has 1 heterocycles. The molecule has 0 atom stereocenters. The van der Waals surface area contributed by atoms with Crippen LogP contribution < -0.4 is 0 Å². The summed E-state index contributed by atoms with van der Waals surface area (Å²) in [5, 5.41) is 8.89. The summed E-state index contributed by atoms with van der Waals surface area (Å²) in [5.74, 6) is 0.321. The Labute approximate surface area is 124 Å². The summed E-state index contributed by atoms with van der Waals surface area (Å²) >= 11 is 0. The minimum atomic E-state index is 0.214. The molecule has 20 heavy (non-hydrogen) atoms. The maximum Gasteiger partial charge on any atom is 0.222 e. The number of piperazine rings is 1. The van der Waals surface area contributed by atoms with Crippen molar-refractivity contribution >= 4 is 5.91 Å². The molecule has 0 radical (unpaired) electrons. The molecule has 1 rings (SSSR count). The lowest BCUT2D eigenvalue weighted by Gasteiger charge is -2.34. The van der Waals surface area contributed by atoms with Gasteiger partial charge in [0.2, 0.25) is 5.91 Å². The number of carbonyl (C=O) groups excluding carboxylic acids is 1. The average Bonchev–Trinajstić information content (AvgIpc) is 2.47. The van der Waals surface area contributed by atoms with Crippen molar-refractivity contribution in [2.24, 2.45) is 0 Å². The van der Waals surface area contributed by atoms with E-state index in [9.17, 15) is 4.79 Å². The zero-order valence-corrected chi connectivity index (χ0v) is 13.1. The number of β-amino-alcohol motifs (C(OH)–C–C–N with tert-alkyl or cyclic N) is 1. The number of nitrogens with zero attached hydrogens (tertiary/aromatic N) is 2. The fraction of sp³-hybridized carbons (Fsp3) is 0.938. The minimum Gasteiger partial charge on any atom is -0.395 e. The molecule has 0 aromatic heterocycles. The lowest BCUT2D eigenvalue weighted by molar-refractivity contribution is -0.133. The molecular weight excluding hydrogens is 252 g/mol. The molecule has 0 bridgehead atoms. The van der Waals surface area contributed by atoms with E-state index in [1.54, 1.807) is 0 Å². The monoisotopic (exact) mass is 284 g/mol. The number of aliphatic hydroxyl groups is 1. The van der Waals surface area contributed by atoms with Crippen LogP contribution in [0.2, 0.25) is 0 Å². The molecule has 1 amide bonds. The summed E-state index contributed by atoms with van der Waals surface area (Å²) in [7, 11) is 0. The number of hydrogen-bond donors (Lipinski definition) is 1. The van der Waals surface area contributed by atoms with Gasteiger partial charge in [0.05, 0.1) is 6.61 Å². The van der Waals surface area contributed by atoms with E-state index in [-0.39, 0.29) is 6.61 Å². The van der Waals surface area contributed by atoms with Crippen LogP contribution in [0.15, 0.2) is 0 Å². The molecule has 4 nitrogen and oxygen atoms in total. The van der Waals surface area contributed by atoms with Gasteiger partial charge in [-0.1, -0.05) is 45.4 Å². The second kappa shape index (κ2) is 11.1. The second-order valence-electron chi connectivity index (χ2n) is 5.82. The van der Waals surface area contributed by atoms with Crippen molar-refractivity contribution in [3.63, 3.8) is 0 Å². The van der Waals surface area contributed by atoms with Crippen molar-refractivity contribution in [3.05, 3.63) is 0 Å². The highest BCUT2D eigenvalue weighted by Crippen LogP contribution is 2.10. The average molecular weight is 284 g/mol. The van der Waals surface area contributed by atoms with Crippen molar-refractivity contribution in [1.82, 2.24) is 9.80 Å². The molecule has 0 aromatic rings. The van der Waals surface area contributed by atoms with Crippen molar-refractivity contribution < 1.29 is 9.90 Å². The molecule has 118 valence electrons. The Kier molecular flexibility index (Phi) is 9.67. The number of hydrogen-bond acceptors (Lipinski definition) is 3. The maximum absolute atomic E-state index is 12.1. The van der Waals surface area contributed by atoms with E-state index in [1.807, 2.05) is 4.90 Å². The van der Waals surface area contributed by atoms with Crippen LogP contribution >= 0.6 is 0 Å². The van der Waals surface area contributed by atoms with Crippen LogP contribution in [0.25, 0.3) is 0 Å².